The van der Waals surface area contributed by atoms with Crippen molar-refractivity contribution in [2.75, 3.05) is 31.2 Å². The molecule has 3 heterocycles. The van der Waals surface area contributed by atoms with E-state index >= 15 is 0 Å². The molecule has 6 nitrogen and oxygen atoms in total. The first-order chi connectivity index (χ1) is 10.3. The Morgan fingerprint density at radius 2 is 2.24 bits per heavy atom. The normalized spacial score (nSPS) is 15.0. The first kappa shape index (κ1) is 14.0. The van der Waals surface area contributed by atoms with Crippen molar-refractivity contribution in [3.05, 3.63) is 40.5 Å². The zero-order valence-corrected chi connectivity index (χ0v) is 12.3. The summed E-state index contributed by atoms with van der Waals surface area (Å²) in [5.74, 6) is 1.40. The number of hydrogen-bond acceptors (Lipinski definition) is 6. The quantitative estimate of drug-likeness (QED) is 0.922. The van der Waals surface area contributed by atoms with Gasteiger partial charge in [0.25, 0.3) is 5.91 Å². The highest BCUT2D eigenvalue weighted by atomic mass is 32.1. The molecule has 1 aliphatic heterocycles. The fourth-order valence-electron chi connectivity index (χ4n) is 2.10. The summed E-state index contributed by atoms with van der Waals surface area (Å²) in [4.78, 5) is 22.7. The van der Waals surface area contributed by atoms with Gasteiger partial charge in [-0.2, -0.15) is 11.3 Å². The summed E-state index contributed by atoms with van der Waals surface area (Å²) in [7, 11) is 0. The van der Waals surface area contributed by atoms with Crippen LogP contribution in [0.1, 0.15) is 16.2 Å². The number of hydrogen-bond donors (Lipinski definition) is 1. The van der Waals surface area contributed by atoms with E-state index in [2.05, 4.69) is 20.2 Å². The van der Waals surface area contributed by atoms with Crippen LogP contribution in [0.25, 0.3) is 0 Å². The highest BCUT2D eigenvalue weighted by Gasteiger charge is 2.13. The Bertz CT molecular complexity index is 597. The Balaban J connectivity index is 1.62. The lowest BCUT2D eigenvalue weighted by molar-refractivity contribution is 0.0950. The molecule has 0 unspecified atom stereocenters. The summed E-state index contributed by atoms with van der Waals surface area (Å²) < 4.78 is 5.33. The van der Waals surface area contributed by atoms with E-state index in [1.807, 2.05) is 16.8 Å². The lowest BCUT2D eigenvalue weighted by Crippen LogP contribution is -2.37. The van der Waals surface area contributed by atoms with Crippen LogP contribution in [0, 0.1) is 0 Å². The molecule has 3 rings (SSSR count). The van der Waals surface area contributed by atoms with Crippen molar-refractivity contribution in [2.45, 2.75) is 6.54 Å². The zero-order chi connectivity index (χ0) is 14.5. The van der Waals surface area contributed by atoms with Crippen LogP contribution in [0.5, 0.6) is 0 Å². The Morgan fingerprint density at radius 3 is 3.00 bits per heavy atom. The lowest BCUT2D eigenvalue weighted by atomic mass is 10.3. The van der Waals surface area contributed by atoms with Crippen LogP contribution in [0.2, 0.25) is 0 Å². The summed E-state index contributed by atoms with van der Waals surface area (Å²) in [6.45, 7) is 3.42. The molecule has 2 aromatic heterocycles. The lowest BCUT2D eigenvalue weighted by Gasteiger charge is -2.27. The van der Waals surface area contributed by atoms with Gasteiger partial charge in [0.15, 0.2) is 0 Å². The predicted octanol–water partition coefficient (Wildman–Crippen LogP) is 1.30. The maximum Gasteiger partial charge on any atom is 0.252 e. The number of morpholine rings is 1. The molecule has 1 aliphatic rings. The van der Waals surface area contributed by atoms with Crippen LogP contribution in [0.15, 0.2) is 29.1 Å². The van der Waals surface area contributed by atoms with Crippen LogP contribution in [-0.2, 0) is 11.3 Å². The van der Waals surface area contributed by atoms with Crippen molar-refractivity contribution in [2.24, 2.45) is 0 Å². The third-order valence-corrected chi connectivity index (χ3v) is 3.90. The van der Waals surface area contributed by atoms with Gasteiger partial charge in [-0.1, -0.05) is 0 Å². The van der Waals surface area contributed by atoms with Crippen molar-refractivity contribution in [3.8, 4) is 0 Å². The van der Waals surface area contributed by atoms with Crippen molar-refractivity contribution in [1.82, 2.24) is 15.3 Å². The van der Waals surface area contributed by atoms with E-state index in [-0.39, 0.29) is 5.91 Å². The van der Waals surface area contributed by atoms with E-state index in [1.165, 1.54) is 11.3 Å². The van der Waals surface area contributed by atoms with Gasteiger partial charge in [0, 0.05) is 30.2 Å². The minimum atomic E-state index is -0.100. The molecule has 7 heteroatoms. The zero-order valence-electron chi connectivity index (χ0n) is 11.5. The third-order valence-electron chi connectivity index (χ3n) is 3.22. The number of anilines is 1. The molecule has 0 bridgehead atoms. The number of aromatic nitrogens is 2. The molecule has 1 amide bonds. The molecule has 1 N–H and O–H groups in total. The van der Waals surface area contributed by atoms with Gasteiger partial charge in [-0.25, -0.2) is 9.97 Å². The Morgan fingerprint density at radius 1 is 1.38 bits per heavy atom. The minimum absolute atomic E-state index is 0.100. The largest absolute Gasteiger partial charge is 0.378 e. The molecule has 110 valence electrons. The summed E-state index contributed by atoms with van der Waals surface area (Å²) in [5.41, 5.74) is 0.671. The summed E-state index contributed by atoms with van der Waals surface area (Å²) in [6.07, 6.45) is 1.73. The number of ether oxygens (including phenoxy) is 1. The van der Waals surface area contributed by atoms with Gasteiger partial charge in [-0.05, 0) is 17.5 Å². The molecule has 21 heavy (non-hydrogen) atoms. The number of thiophene rings is 1. The predicted molar refractivity (Wildman–Crippen MR) is 80.6 cm³/mol. The highest BCUT2D eigenvalue weighted by Crippen LogP contribution is 2.12. The number of nitrogens with zero attached hydrogens (tertiary/aromatic N) is 3. The van der Waals surface area contributed by atoms with E-state index in [0.717, 1.165) is 18.9 Å². The Hall–Kier alpha value is -1.99. The molecule has 1 fully saturated rings. The molecule has 0 saturated carbocycles. The third kappa shape index (κ3) is 3.56. The van der Waals surface area contributed by atoms with Crippen LogP contribution >= 0.6 is 11.3 Å². The van der Waals surface area contributed by atoms with Crippen LogP contribution in [0.4, 0.5) is 5.82 Å². The second-order valence-corrected chi connectivity index (χ2v) is 5.41. The molecule has 0 radical (unpaired) electrons. The van der Waals surface area contributed by atoms with E-state index in [9.17, 15) is 4.79 Å². The average molecular weight is 304 g/mol. The molecule has 0 atom stereocenters. The minimum Gasteiger partial charge on any atom is -0.378 e. The van der Waals surface area contributed by atoms with Crippen LogP contribution < -0.4 is 10.2 Å². The first-order valence-corrected chi connectivity index (χ1v) is 7.72. The van der Waals surface area contributed by atoms with Crippen LogP contribution in [-0.4, -0.2) is 42.2 Å². The average Bonchev–Trinajstić information content (AvgIpc) is 3.08. The number of carbonyl (C=O) groups excluding carboxylic acids is 1. The van der Waals surface area contributed by atoms with E-state index in [4.69, 9.17) is 4.74 Å². The fourth-order valence-corrected chi connectivity index (χ4v) is 2.73. The van der Waals surface area contributed by atoms with Crippen molar-refractivity contribution in [3.63, 3.8) is 0 Å². The van der Waals surface area contributed by atoms with Crippen molar-refractivity contribution >= 4 is 23.1 Å². The SMILES string of the molecule is O=C(NCc1nccc(N2CCOCC2)n1)c1ccsc1. The Kier molecular flexibility index (Phi) is 4.42. The number of carbonyl (C=O) groups is 1. The molecule has 0 aliphatic carbocycles. The van der Waals surface area contributed by atoms with Gasteiger partial charge in [0.05, 0.1) is 19.8 Å². The topological polar surface area (TPSA) is 67.4 Å². The molecular formula is C14H16N4O2S. The molecule has 1 saturated heterocycles. The molecule has 0 aromatic carbocycles. The first-order valence-electron chi connectivity index (χ1n) is 6.78. The van der Waals surface area contributed by atoms with Gasteiger partial charge in [-0.15, -0.1) is 0 Å². The second kappa shape index (κ2) is 6.64. The van der Waals surface area contributed by atoms with Gasteiger partial charge in [0.1, 0.15) is 11.6 Å². The van der Waals surface area contributed by atoms with Gasteiger partial charge < -0.3 is 15.0 Å². The van der Waals surface area contributed by atoms with E-state index in [1.54, 1.807) is 12.3 Å². The maximum absolute atomic E-state index is 11.9. The molecular weight excluding hydrogens is 288 g/mol. The highest BCUT2D eigenvalue weighted by molar-refractivity contribution is 7.08. The fraction of sp³-hybridized carbons (Fsp3) is 0.357. The van der Waals surface area contributed by atoms with Crippen molar-refractivity contribution < 1.29 is 9.53 Å². The van der Waals surface area contributed by atoms with Gasteiger partial charge in [0.2, 0.25) is 0 Å². The maximum atomic E-state index is 11.9. The number of rotatable bonds is 4. The van der Waals surface area contributed by atoms with E-state index < -0.39 is 0 Å². The van der Waals surface area contributed by atoms with E-state index in [0.29, 0.717) is 31.1 Å². The molecule has 2 aromatic rings. The smallest absolute Gasteiger partial charge is 0.252 e. The van der Waals surface area contributed by atoms with Crippen LogP contribution in [0.3, 0.4) is 0 Å². The van der Waals surface area contributed by atoms with Crippen molar-refractivity contribution in [1.29, 1.82) is 0 Å². The summed E-state index contributed by atoms with van der Waals surface area (Å²) in [5, 5.41) is 6.53. The second-order valence-electron chi connectivity index (χ2n) is 4.63. The van der Waals surface area contributed by atoms with Gasteiger partial charge >= 0.3 is 0 Å². The Labute approximate surface area is 126 Å². The summed E-state index contributed by atoms with van der Waals surface area (Å²) in [6, 6.07) is 3.68. The van der Waals surface area contributed by atoms with Gasteiger partial charge in [-0.3, -0.25) is 4.79 Å². The monoisotopic (exact) mass is 304 g/mol. The number of amides is 1. The standard InChI is InChI=1S/C14H16N4O2S/c19-14(11-2-8-21-10-11)16-9-12-15-3-1-13(17-12)18-4-6-20-7-5-18/h1-3,8,10H,4-7,9H2,(H,16,19). The molecule has 0 spiro atoms. The number of nitrogens with one attached hydrogen (secondary N) is 1. The summed E-state index contributed by atoms with van der Waals surface area (Å²) >= 11 is 1.50.